The second kappa shape index (κ2) is 18.3. The van der Waals surface area contributed by atoms with Crippen molar-refractivity contribution in [2.24, 2.45) is 0 Å². The van der Waals surface area contributed by atoms with Crippen LogP contribution in [-0.2, 0) is 15.1 Å². The fraction of sp³-hybridized carbons (Fsp3) is 0. The summed E-state index contributed by atoms with van der Waals surface area (Å²) in [5, 5.41) is 9.79. The molecule has 4 aromatic carbocycles. The number of pyridine rings is 4. The quantitative estimate of drug-likeness (QED) is 0.149. The van der Waals surface area contributed by atoms with Crippen LogP contribution in [0.2, 0.25) is 0 Å². The van der Waals surface area contributed by atoms with Crippen LogP contribution in [0.3, 0.4) is 0 Å². The van der Waals surface area contributed by atoms with Crippen molar-refractivity contribution in [3.8, 4) is 0 Å². The molecule has 0 aliphatic rings. The summed E-state index contributed by atoms with van der Waals surface area (Å²) in [6.45, 7) is 0. The van der Waals surface area contributed by atoms with Crippen LogP contribution in [0, 0.1) is 0 Å². The predicted molar refractivity (Wildman–Crippen MR) is 179 cm³/mol. The molecule has 7 heteroatoms. The van der Waals surface area contributed by atoms with Crippen molar-refractivity contribution in [3.05, 3.63) is 171 Å². The molecule has 4 aromatic heterocycles. The van der Waals surface area contributed by atoms with Crippen LogP contribution < -0.4 is 0 Å². The van der Waals surface area contributed by atoms with Gasteiger partial charge in [0.2, 0.25) is 0 Å². The maximum absolute atomic E-state index is 4.83. The fourth-order valence-corrected chi connectivity index (χ4v) is 4.11. The normalized spacial score (nSPS) is 9.81. The van der Waals surface area contributed by atoms with E-state index in [4.69, 9.17) is 19.4 Å². The van der Waals surface area contributed by atoms with Crippen molar-refractivity contribution in [1.82, 2.24) is 19.9 Å². The maximum Gasteiger partial charge on any atom is 0.0346 e. The van der Waals surface area contributed by atoms with Gasteiger partial charge in [-0.25, -0.2) is 0 Å². The number of halogens is 2. The van der Waals surface area contributed by atoms with E-state index >= 15 is 0 Å². The smallest absolute Gasteiger partial charge is 0.0346 e. The molecule has 215 valence electrons. The van der Waals surface area contributed by atoms with E-state index in [2.05, 4.69) is 68.5 Å². The van der Waals surface area contributed by atoms with Gasteiger partial charge in [0.15, 0.2) is 0 Å². The number of fused-ring (bicyclic) bond motifs is 4. The Hall–Kier alpha value is -4.28. The first kappa shape index (κ1) is 31.7. The Morgan fingerprint density at radius 2 is 0.488 bits per heavy atom. The molecule has 0 bridgehead atoms. The molecule has 8 aromatic rings. The predicted octanol–water partition coefficient (Wildman–Crippen LogP) is 10.3. The molecule has 4 heterocycles. The molecule has 0 saturated carbocycles. The minimum Gasteiger partial charge on any atom is -0.264 e. The van der Waals surface area contributed by atoms with E-state index in [-0.39, 0.29) is 15.1 Å². The van der Waals surface area contributed by atoms with Crippen molar-refractivity contribution in [2.45, 2.75) is 0 Å². The van der Waals surface area contributed by atoms with Gasteiger partial charge in [0.05, 0.1) is 0 Å². The molecule has 0 N–H and O–H groups in total. The van der Waals surface area contributed by atoms with Gasteiger partial charge in [-0.05, 0) is 67.4 Å². The Balaban J connectivity index is 0.000000127. The molecule has 0 fully saturated rings. The van der Waals surface area contributed by atoms with Crippen molar-refractivity contribution < 1.29 is 15.1 Å². The maximum atomic E-state index is 4.83. The summed E-state index contributed by atoms with van der Waals surface area (Å²) < 4.78 is 0. The van der Waals surface area contributed by atoms with Crippen LogP contribution in [0.4, 0.5) is 0 Å². The van der Waals surface area contributed by atoms with E-state index in [9.17, 15) is 0 Å². The van der Waals surface area contributed by atoms with Gasteiger partial charge in [0, 0.05) is 49.6 Å². The Morgan fingerprint density at radius 3 is 0.674 bits per heavy atom. The number of benzene rings is 4. The average Bonchev–Trinajstić information content (AvgIpc) is 3.10. The molecular formula is C36H28Cl2N4Rh. The van der Waals surface area contributed by atoms with Crippen LogP contribution >= 0.6 is 19.4 Å². The molecule has 43 heavy (non-hydrogen) atoms. The minimum atomic E-state index is -0.226. The standard InChI is InChI=1S/4C9H7N.2ClH.Rh/c4*1-2-4-9-7-10-6-5-8(9)3-1;;;/h4*1-7H;2*1H;/q;;;;;;+2/p-2. The summed E-state index contributed by atoms with van der Waals surface area (Å²) in [7, 11) is 9.67. The number of nitrogens with zero attached hydrogens (tertiary/aromatic N) is 4. The van der Waals surface area contributed by atoms with Gasteiger partial charge in [-0.1, -0.05) is 97.1 Å². The number of hydrogen-bond acceptors (Lipinski definition) is 4. The molecule has 0 atom stereocenters. The van der Waals surface area contributed by atoms with Crippen LogP contribution in [0.1, 0.15) is 0 Å². The van der Waals surface area contributed by atoms with E-state index in [1.807, 2.05) is 122 Å². The second-order valence-corrected chi connectivity index (χ2v) is 11.4. The molecule has 8 rings (SSSR count). The zero-order valence-corrected chi connectivity index (χ0v) is 26.2. The van der Waals surface area contributed by atoms with Crippen molar-refractivity contribution in [3.63, 3.8) is 0 Å². The van der Waals surface area contributed by atoms with Gasteiger partial charge >= 0.3 is 34.5 Å². The number of aromatic nitrogens is 4. The molecule has 0 saturated heterocycles. The van der Waals surface area contributed by atoms with Gasteiger partial charge in [-0.3, -0.25) is 19.9 Å². The molecule has 0 spiro atoms. The molecule has 0 unspecified atom stereocenters. The second-order valence-electron chi connectivity index (χ2n) is 8.94. The monoisotopic (exact) mass is 689 g/mol. The summed E-state index contributed by atoms with van der Waals surface area (Å²) in [6, 6.07) is 40.8. The summed E-state index contributed by atoms with van der Waals surface area (Å²) >= 11 is -0.226. The van der Waals surface area contributed by atoms with Gasteiger partial charge in [0.1, 0.15) is 0 Å². The number of rotatable bonds is 0. The van der Waals surface area contributed by atoms with Gasteiger partial charge in [-0.15, -0.1) is 0 Å². The van der Waals surface area contributed by atoms with Crippen molar-refractivity contribution in [2.75, 3.05) is 0 Å². The third-order valence-corrected chi connectivity index (χ3v) is 6.20. The molecule has 0 aliphatic carbocycles. The summed E-state index contributed by atoms with van der Waals surface area (Å²) in [4.78, 5) is 16.1. The first-order chi connectivity index (χ1) is 21.3. The van der Waals surface area contributed by atoms with Crippen LogP contribution in [0.25, 0.3) is 43.1 Å². The minimum absolute atomic E-state index is 0.226. The van der Waals surface area contributed by atoms with Crippen LogP contribution in [0.15, 0.2) is 171 Å². The Labute approximate surface area is 267 Å². The third kappa shape index (κ3) is 10.5. The van der Waals surface area contributed by atoms with E-state index < -0.39 is 0 Å². The van der Waals surface area contributed by atoms with E-state index in [0.717, 1.165) is 0 Å². The fourth-order valence-electron chi connectivity index (χ4n) is 4.11. The number of hydrogen-bond donors (Lipinski definition) is 0. The van der Waals surface area contributed by atoms with Crippen LogP contribution in [0.5, 0.6) is 0 Å². The van der Waals surface area contributed by atoms with Gasteiger partial charge in [0.25, 0.3) is 0 Å². The topological polar surface area (TPSA) is 51.6 Å². The summed E-state index contributed by atoms with van der Waals surface area (Å²) in [6.07, 6.45) is 14.7. The molecule has 0 aliphatic heterocycles. The third-order valence-electron chi connectivity index (χ3n) is 6.20. The molecular weight excluding hydrogens is 662 g/mol. The Kier molecular flexibility index (Phi) is 13.5. The molecule has 0 radical (unpaired) electrons. The van der Waals surface area contributed by atoms with Crippen LogP contribution in [-0.4, -0.2) is 19.9 Å². The molecule has 4 nitrogen and oxygen atoms in total. The van der Waals surface area contributed by atoms with Gasteiger partial charge in [-0.2, -0.15) is 0 Å². The largest absolute Gasteiger partial charge is 0.264 e. The Bertz CT molecular complexity index is 1420. The zero-order chi connectivity index (χ0) is 30.0. The summed E-state index contributed by atoms with van der Waals surface area (Å²) in [5.74, 6) is 0. The molecule has 0 amide bonds. The first-order valence-electron chi connectivity index (χ1n) is 13.3. The van der Waals surface area contributed by atoms with E-state index in [1.165, 1.54) is 43.1 Å². The SMILES string of the molecule is [Cl][Rh][Cl].c1ccc2cnccc2c1.c1ccc2cnccc2c1.c1ccc2cnccc2c1.c1ccc2cnccc2c1. The van der Waals surface area contributed by atoms with Crippen molar-refractivity contribution in [1.29, 1.82) is 0 Å². The van der Waals surface area contributed by atoms with E-state index in [1.54, 1.807) is 0 Å². The summed E-state index contributed by atoms with van der Waals surface area (Å²) in [5.41, 5.74) is 0. The zero-order valence-electron chi connectivity index (χ0n) is 23.0. The van der Waals surface area contributed by atoms with E-state index in [0.29, 0.717) is 0 Å². The van der Waals surface area contributed by atoms with Gasteiger partial charge < -0.3 is 0 Å². The Morgan fingerprint density at radius 1 is 0.302 bits per heavy atom. The van der Waals surface area contributed by atoms with Crippen molar-refractivity contribution >= 4 is 62.5 Å². The first-order valence-corrected chi connectivity index (χ1v) is 17.5. The average molecular weight is 690 g/mol.